The fraction of sp³-hybridized carbons (Fsp3) is 0.308. The van der Waals surface area contributed by atoms with E-state index in [0.29, 0.717) is 5.76 Å². The van der Waals surface area contributed by atoms with Crippen LogP contribution in [0.2, 0.25) is 0 Å². The molecule has 1 aromatic carbocycles. The number of benzene rings is 1. The third kappa shape index (κ3) is 2.69. The van der Waals surface area contributed by atoms with Gasteiger partial charge in [-0.3, -0.25) is 4.79 Å². The number of furan rings is 1. The molecule has 1 N–H and O–H groups in total. The summed E-state index contributed by atoms with van der Waals surface area (Å²) >= 11 is 3.31. The highest BCUT2D eigenvalue weighted by Crippen LogP contribution is 2.20. The van der Waals surface area contributed by atoms with Crippen molar-refractivity contribution in [3.63, 3.8) is 0 Å². The third-order valence-corrected chi connectivity index (χ3v) is 3.48. The van der Waals surface area contributed by atoms with Crippen LogP contribution >= 0.6 is 15.9 Å². The van der Waals surface area contributed by atoms with Crippen molar-refractivity contribution in [2.75, 3.05) is 5.33 Å². The molecule has 2 rings (SSSR count). The number of hydrogen-bond donors (Lipinski definition) is 1. The molecule has 1 atom stereocenters. The van der Waals surface area contributed by atoms with Crippen LogP contribution in [-0.4, -0.2) is 17.3 Å². The first-order valence-electron chi connectivity index (χ1n) is 5.47. The molecule has 0 fully saturated rings. The lowest BCUT2D eigenvalue weighted by molar-refractivity contribution is 0.0918. The Morgan fingerprint density at radius 3 is 2.94 bits per heavy atom. The highest BCUT2D eigenvalue weighted by molar-refractivity contribution is 9.09. The molecule has 0 aliphatic rings. The maximum Gasteiger partial charge on any atom is 0.287 e. The van der Waals surface area contributed by atoms with Crippen molar-refractivity contribution in [3.8, 4) is 0 Å². The van der Waals surface area contributed by atoms with Crippen molar-refractivity contribution in [3.05, 3.63) is 35.6 Å². The van der Waals surface area contributed by atoms with E-state index < -0.39 is 0 Å². The third-order valence-electron chi connectivity index (χ3n) is 2.50. The zero-order chi connectivity index (χ0) is 12.4. The second-order valence-electron chi connectivity index (χ2n) is 4.18. The van der Waals surface area contributed by atoms with Crippen LogP contribution in [0.5, 0.6) is 0 Å². The first-order chi connectivity index (χ1) is 8.10. The fourth-order valence-electron chi connectivity index (χ4n) is 1.61. The van der Waals surface area contributed by atoms with Gasteiger partial charge in [-0.2, -0.15) is 0 Å². The summed E-state index contributed by atoms with van der Waals surface area (Å²) in [5.41, 5.74) is 1.89. The van der Waals surface area contributed by atoms with Crippen LogP contribution in [0, 0.1) is 6.92 Å². The van der Waals surface area contributed by atoms with Crippen molar-refractivity contribution in [1.82, 2.24) is 5.32 Å². The van der Waals surface area contributed by atoms with Gasteiger partial charge >= 0.3 is 0 Å². The molecule has 90 valence electrons. The molecule has 0 aliphatic carbocycles. The Balaban J connectivity index is 2.27. The molecule has 1 unspecified atom stereocenters. The first-order valence-corrected chi connectivity index (χ1v) is 6.59. The number of hydrogen-bond acceptors (Lipinski definition) is 2. The molecule has 2 aromatic rings. The number of amides is 1. The molecule has 3 nitrogen and oxygen atoms in total. The van der Waals surface area contributed by atoms with Gasteiger partial charge in [0.25, 0.3) is 5.91 Å². The normalized spacial score (nSPS) is 12.6. The Labute approximate surface area is 108 Å². The molecule has 0 saturated heterocycles. The average molecular weight is 296 g/mol. The van der Waals surface area contributed by atoms with Gasteiger partial charge in [-0.1, -0.05) is 27.6 Å². The van der Waals surface area contributed by atoms with Crippen LogP contribution in [-0.2, 0) is 0 Å². The maximum absolute atomic E-state index is 11.8. The molecule has 1 aromatic heterocycles. The molecule has 17 heavy (non-hydrogen) atoms. The Bertz CT molecular complexity index is 547. The van der Waals surface area contributed by atoms with Crippen molar-refractivity contribution >= 4 is 32.8 Å². The number of carbonyl (C=O) groups is 1. The molecule has 0 aliphatic heterocycles. The molecule has 4 heteroatoms. The second-order valence-corrected chi connectivity index (χ2v) is 4.83. The Morgan fingerprint density at radius 2 is 2.24 bits per heavy atom. The van der Waals surface area contributed by atoms with Gasteiger partial charge in [-0.25, -0.2) is 0 Å². The largest absolute Gasteiger partial charge is 0.451 e. The molecular formula is C13H14BrNO2. The summed E-state index contributed by atoms with van der Waals surface area (Å²) in [5, 5.41) is 4.52. The molecule has 0 saturated carbocycles. The van der Waals surface area contributed by atoms with Crippen LogP contribution in [0.1, 0.15) is 23.0 Å². The number of rotatable bonds is 3. The van der Waals surface area contributed by atoms with Crippen LogP contribution in [0.3, 0.4) is 0 Å². The summed E-state index contributed by atoms with van der Waals surface area (Å²) in [6.07, 6.45) is 0. The van der Waals surface area contributed by atoms with E-state index in [1.54, 1.807) is 6.07 Å². The number of nitrogens with one attached hydrogen (secondary N) is 1. The van der Waals surface area contributed by atoms with E-state index in [0.717, 1.165) is 21.9 Å². The minimum Gasteiger partial charge on any atom is -0.451 e. The van der Waals surface area contributed by atoms with Gasteiger partial charge in [-0.05, 0) is 32.0 Å². The second kappa shape index (κ2) is 4.92. The molecule has 1 amide bonds. The van der Waals surface area contributed by atoms with Crippen molar-refractivity contribution in [1.29, 1.82) is 0 Å². The molecule has 0 spiro atoms. The van der Waals surface area contributed by atoms with E-state index in [1.807, 2.05) is 32.0 Å². The van der Waals surface area contributed by atoms with Gasteiger partial charge in [0, 0.05) is 16.8 Å². The summed E-state index contributed by atoms with van der Waals surface area (Å²) in [6.45, 7) is 3.94. The Morgan fingerprint density at radius 1 is 1.47 bits per heavy atom. The number of carbonyl (C=O) groups excluding carboxylic acids is 1. The minimum atomic E-state index is -0.175. The zero-order valence-electron chi connectivity index (χ0n) is 9.79. The Hall–Kier alpha value is -1.29. The molecule has 1 heterocycles. The molecule has 0 bridgehead atoms. The molecular weight excluding hydrogens is 282 g/mol. The first kappa shape index (κ1) is 12.2. The highest BCUT2D eigenvalue weighted by Gasteiger charge is 2.13. The summed E-state index contributed by atoms with van der Waals surface area (Å²) in [5.74, 6) is 0.184. The lowest BCUT2D eigenvalue weighted by Crippen LogP contribution is -2.33. The van der Waals surface area contributed by atoms with Crippen LogP contribution in [0.4, 0.5) is 0 Å². The van der Waals surface area contributed by atoms with Gasteiger partial charge in [0.05, 0.1) is 0 Å². The lowest BCUT2D eigenvalue weighted by Gasteiger charge is -2.08. The predicted octanol–water partition coefficient (Wildman–Crippen LogP) is 3.25. The van der Waals surface area contributed by atoms with Gasteiger partial charge < -0.3 is 9.73 Å². The van der Waals surface area contributed by atoms with Gasteiger partial charge in [0.1, 0.15) is 5.58 Å². The average Bonchev–Trinajstić information content (AvgIpc) is 2.71. The summed E-state index contributed by atoms with van der Waals surface area (Å²) in [4.78, 5) is 11.8. The summed E-state index contributed by atoms with van der Waals surface area (Å²) < 4.78 is 5.50. The van der Waals surface area contributed by atoms with E-state index >= 15 is 0 Å². The van der Waals surface area contributed by atoms with Crippen LogP contribution < -0.4 is 5.32 Å². The number of aryl methyl sites for hydroxylation is 1. The summed E-state index contributed by atoms with van der Waals surface area (Å²) in [7, 11) is 0. The van der Waals surface area contributed by atoms with Gasteiger partial charge in [0.2, 0.25) is 0 Å². The quantitative estimate of drug-likeness (QED) is 0.883. The van der Waals surface area contributed by atoms with Crippen LogP contribution in [0.25, 0.3) is 11.0 Å². The number of halogens is 1. The highest BCUT2D eigenvalue weighted by atomic mass is 79.9. The smallest absolute Gasteiger partial charge is 0.287 e. The van der Waals surface area contributed by atoms with Crippen molar-refractivity contribution in [2.24, 2.45) is 0 Å². The number of alkyl halides is 1. The number of fused-ring (bicyclic) bond motifs is 1. The van der Waals surface area contributed by atoms with Crippen molar-refractivity contribution < 1.29 is 9.21 Å². The van der Waals surface area contributed by atoms with Gasteiger partial charge in [-0.15, -0.1) is 0 Å². The zero-order valence-corrected chi connectivity index (χ0v) is 11.4. The fourth-order valence-corrected chi connectivity index (χ4v) is 1.77. The SMILES string of the molecule is Cc1ccc2oc(C(=O)NC(C)CBr)cc2c1. The minimum absolute atomic E-state index is 0.0810. The van der Waals surface area contributed by atoms with E-state index in [2.05, 4.69) is 21.2 Å². The monoisotopic (exact) mass is 295 g/mol. The van der Waals surface area contributed by atoms with E-state index in [9.17, 15) is 4.79 Å². The van der Waals surface area contributed by atoms with E-state index in [-0.39, 0.29) is 11.9 Å². The van der Waals surface area contributed by atoms with E-state index in [4.69, 9.17) is 4.42 Å². The molecule has 0 radical (unpaired) electrons. The summed E-state index contributed by atoms with van der Waals surface area (Å²) in [6, 6.07) is 7.71. The van der Waals surface area contributed by atoms with Crippen molar-refractivity contribution in [2.45, 2.75) is 19.9 Å². The maximum atomic E-state index is 11.8. The Kier molecular flexibility index (Phi) is 3.52. The standard InChI is InChI=1S/C13H14BrNO2/c1-8-3-4-11-10(5-8)6-12(17-11)13(16)15-9(2)7-14/h3-6,9H,7H2,1-2H3,(H,15,16). The topological polar surface area (TPSA) is 42.2 Å². The van der Waals surface area contributed by atoms with Gasteiger partial charge in [0.15, 0.2) is 5.76 Å². The predicted molar refractivity (Wildman–Crippen MR) is 71.7 cm³/mol. The van der Waals surface area contributed by atoms with E-state index in [1.165, 1.54) is 0 Å². The van der Waals surface area contributed by atoms with Crippen LogP contribution in [0.15, 0.2) is 28.7 Å². The lowest BCUT2D eigenvalue weighted by atomic mass is 10.2.